The van der Waals surface area contributed by atoms with Gasteiger partial charge in [0.2, 0.25) is 0 Å². The van der Waals surface area contributed by atoms with E-state index in [1.165, 1.54) is 16.7 Å². The maximum absolute atomic E-state index is 5.48. The third-order valence-electron chi connectivity index (χ3n) is 3.73. The Morgan fingerprint density at radius 2 is 1.82 bits per heavy atom. The molecule has 0 bridgehead atoms. The number of hydrogen-bond donors (Lipinski definition) is 1. The van der Waals surface area contributed by atoms with Crippen LogP contribution < -0.4 is 14.8 Å². The lowest BCUT2D eigenvalue weighted by molar-refractivity contribution is 0.340. The van der Waals surface area contributed by atoms with Crippen molar-refractivity contribution in [3.8, 4) is 11.5 Å². The Bertz CT molecular complexity index is 593. The fraction of sp³-hybridized carbons (Fsp3) is 0.368. The number of hydrogen-bond acceptors (Lipinski definition) is 3. The molecule has 0 saturated heterocycles. The van der Waals surface area contributed by atoms with Crippen LogP contribution in [0.2, 0.25) is 0 Å². The number of ether oxygens (including phenoxy) is 2. The molecule has 0 radical (unpaired) electrons. The zero-order chi connectivity index (χ0) is 15.9. The molecule has 3 nitrogen and oxygen atoms in total. The molecule has 118 valence electrons. The molecule has 0 aliphatic rings. The van der Waals surface area contributed by atoms with E-state index in [9.17, 15) is 0 Å². The molecule has 0 fully saturated rings. The topological polar surface area (TPSA) is 30.5 Å². The lowest BCUT2D eigenvalue weighted by Gasteiger charge is -2.16. The second-order valence-corrected chi connectivity index (χ2v) is 5.42. The van der Waals surface area contributed by atoms with Gasteiger partial charge in [-0.15, -0.1) is 0 Å². The smallest absolute Gasteiger partial charge is 0.123 e. The van der Waals surface area contributed by atoms with Crippen LogP contribution in [0.3, 0.4) is 0 Å². The molecule has 0 aliphatic heterocycles. The molecule has 1 atom stereocenters. The van der Waals surface area contributed by atoms with Gasteiger partial charge >= 0.3 is 0 Å². The Kier molecular flexibility index (Phi) is 5.84. The quantitative estimate of drug-likeness (QED) is 0.829. The first-order chi connectivity index (χ1) is 10.6. The molecule has 2 aromatic rings. The molecule has 1 N–H and O–H groups in total. The van der Waals surface area contributed by atoms with Crippen LogP contribution in [0.4, 0.5) is 0 Å². The third kappa shape index (κ3) is 4.25. The van der Waals surface area contributed by atoms with Crippen LogP contribution in [0.1, 0.15) is 36.6 Å². The van der Waals surface area contributed by atoms with E-state index in [0.29, 0.717) is 6.61 Å². The summed E-state index contributed by atoms with van der Waals surface area (Å²) in [5, 5.41) is 3.55. The van der Waals surface area contributed by atoms with Crippen molar-refractivity contribution >= 4 is 0 Å². The van der Waals surface area contributed by atoms with E-state index in [2.05, 4.69) is 43.4 Å². The fourth-order valence-corrected chi connectivity index (χ4v) is 2.45. The SMILES string of the molecule is CCOc1ccc(C(C)NCc2cc(C)ccc2OC)cc1. The molecule has 22 heavy (non-hydrogen) atoms. The zero-order valence-electron chi connectivity index (χ0n) is 13.8. The number of benzene rings is 2. The monoisotopic (exact) mass is 299 g/mol. The Hall–Kier alpha value is -2.00. The summed E-state index contributed by atoms with van der Waals surface area (Å²) in [4.78, 5) is 0. The van der Waals surface area contributed by atoms with Crippen molar-refractivity contribution in [1.82, 2.24) is 5.32 Å². The highest BCUT2D eigenvalue weighted by Gasteiger charge is 2.08. The third-order valence-corrected chi connectivity index (χ3v) is 3.73. The van der Waals surface area contributed by atoms with E-state index in [1.807, 2.05) is 25.1 Å². The minimum Gasteiger partial charge on any atom is -0.496 e. The average molecular weight is 299 g/mol. The average Bonchev–Trinajstić information content (AvgIpc) is 2.54. The number of nitrogens with one attached hydrogen (secondary N) is 1. The van der Waals surface area contributed by atoms with Gasteiger partial charge in [0.1, 0.15) is 11.5 Å². The highest BCUT2D eigenvalue weighted by atomic mass is 16.5. The molecule has 0 saturated carbocycles. The Balaban J connectivity index is 2.00. The van der Waals surface area contributed by atoms with Gasteiger partial charge in [-0.05, 0) is 44.5 Å². The molecule has 2 rings (SSSR count). The maximum atomic E-state index is 5.48. The normalized spacial score (nSPS) is 12.0. The fourth-order valence-electron chi connectivity index (χ4n) is 2.45. The molecular weight excluding hydrogens is 274 g/mol. The first-order valence-corrected chi connectivity index (χ1v) is 7.73. The Morgan fingerprint density at radius 3 is 2.45 bits per heavy atom. The summed E-state index contributed by atoms with van der Waals surface area (Å²) in [6, 6.07) is 14.8. The molecule has 0 aliphatic carbocycles. The van der Waals surface area contributed by atoms with Crippen molar-refractivity contribution in [3.05, 3.63) is 59.2 Å². The first kappa shape index (κ1) is 16.4. The second-order valence-electron chi connectivity index (χ2n) is 5.42. The minimum atomic E-state index is 0.265. The standard InChI is InChI=1S/C19H25NO2/c1-5-22-18-9-7-16(8-10-18)15(3)20-13-17-12-14(2)6-11-19(17)21-4/h6-12,15,20H,5,13H2,1-4H3. The summed E-state index contributed by atoms with van der Waals surface area (Å²) < 4.78 is 10.9. The largest absolute Gasteiger partial charge is 0.496 e. The highest BCUT2D eigenvalue weighted by Crippen LogP contribution is 2.22. The summed E-state index contributed by atoms with van der Waals surface area (Å²) in [5.41, 5.74) is 3.67. The van der Waals surface area contributed by atoms with Gasteiger partial charge in [-0.3, -0.25) is 0 Å². The van der Waals surface area contributed by atoms with Crippen molar-refractivity contribution in [1.29, 1.82) is 0 Å². The van der Waals surface area contributed by atoms with Crippen LogP contribution in [0.25, 0.3) is 0 Å². The molecule has 0 amide bonds. The summed E-state index contributed by atoms with van der Waals surface area (Å²) in [6.45, 7) is 7.73. The minimum absolute atomic E-state index is 0.265. The van der Waals surface area contributed by atoms with Crippen molar-refractivity contribution in [2.45, 2.75) is 33.4 Å². The van der Waals surface area contributed by atoms with Gasteiger partial charge in [0.05, 0.1) is 13.7 Å². The zero-order valence-corrected chi connectivity index (χ0v) is 13.8. The van der Waals surface area contributed by atoms with E-state index in [1.54, 1.807) is 7.11 Å². The van der Waals surface area contributed by atoms with E-state index in [0.717, 1.165) is 18.0 Å². The number of methoxy groups -OCH3 is 1. The van der Waals surface area contributed by atoms with Crippen LogP contribution in [-0.2, 0) is 6.54 Å². The van der Waals surface area contributed by atoms with Crippen molar-refractivity contribution in [2.24, 2.45) is 0 Å². The molecule has 0 aromatic heterocycles. The predicted octanol–water partition coefficient (Wildman–Crippen LogP) is 4.25. The Labute approximate surface area is 133 Å². The molecular formula is C19H25NO2. The molecule has 0 heterocycles. The van der Waals surface area contributed by atoms with E-state index < -0.39 is 0 Å². The summed E-state index contributed by atoms with van der Waals surface area (Å²) in [6.07, 6.45) is 0. The lowest BCUT2D eigenvalue weighted by Crippen LogP contribution is -2.18. The van der Waals surface area contributed by atoms with Gasteiger partial charge in [-0.1, -0.05) is 29.8 Å². The second kappa shape index (κ2) is 7.85. The lowest BCUT2D eigenvalue weighted by atomic mass is 10.1. The van der Waals surface area contributed by atoms with Crippen LogP contribution >= 0.6 is 0 Å². The molecule has 2 aromatic carbocycles. The van der Waals surface area contributed by atoms with Gasteiger partial charge in [0.25, 0.3) is 0 Å². The molecule has 3 heteroatoms. The van der Waals surface area contributed by atoms with Crippen LogP contribution in [0.5, 0.6) is 11.5 Å². The predicted molar refractivity (Wildman–Crippen MR) is 90.6 cm³/mol. The van der Waals surface area contributed by atoms with Crippen LogP contribution in [-0.4, -0.2) is 13.7 Å². The van der Waals surface area contributed by atoms with Gasteiger partial charge in [-0.25, -0.2) is 0 Å². The van der Waals surface area contributed by atoms with Gasteiger partial charge in [-0.2, -0.15) is 0 Å². The molecule has 0 spiro atoms. The van der Waals surface area contributed by atoms with Crippen molar-refractivity contribution in [2.75, 3.05) is 13.7 Å². The first-order valence-electron chi connectivity index (χ1n) is 7.73. The van der Waals surface area contributed by atoms with Gasteiger partial charge in [0, 0.05) is 18.2 Å². The van der Waals surface area contributed by atoms with Crippen molar-refractivity contribution in [3.63, 3.8) is 0 Å². The Morgan fingerprint density at radius 1 is 1.09 bits per heavy atom. The van der Waals surface area contributed by atoms with E-state index >= 15 is 0 Å². The van der Waals surface area contributed by atoms with Crippen LogP contribution in [0.15, 0.2) is 42.5 Å². The number of rotatable bonds is 7. The highest BCUT2D eigenvalue weighted by molar-refractivity contribution is 5.37. The summed E-state index contributed by atoms with van der Waals surface area (Å²) >= 11 is 0. The molecule has 1 unspecified atom stereocenters. The summed E-state index contributed by atoms with van der Waals surface area (Å²) in [5.74, 6) is 1.84. The van der Waals surface area contributed by atoms with E-state index in [-0.39, 0.29) is 6.04 Å². The van der Waals surface area contributed by atoms with E-state index in [4.69, 9.17) is 9.47 Å². The maximum Gasteiger partial charge on any atom is 0.123 e. The van der Waals surface area contributed by atoms with Crippen molar-refractivity contribution < 1.29 is 9.47 Å². The number of aryl methyl sites for hydroxylation is 1. The van der Waals surface area contributed by atoms with Gasteiger partial charge in [0.15, 0.2) is 0 Å². The summed E-state index contributed by atoms with van der Waals surface area (Å²) in [7, 11) is 1.71. The van der Waals surface area contributed by atoms with Gasteiger partial charge < -0.3 is 14.8 Å². The van der Waals surface area contributed by atoms with Crippen LogP contribution in [0, 0.1) is 6.92 Å².